The molecule has 0 N–H and O–H groups in total. The molecule has 0 atom stereocenters. The van der Waals surface area contributed by atoms with Crippen LogP contribution in [0, 0.1) is 10.1 Å². The van der Waals surface area contributed by atoms with E-state index < -0.39 is 27.9 Å². The number of nitro groups is 1. The van der Waals surface area contributed by atoms with Gasteiger partial charge >= 0.3 is 6.18 Å². The highest BCUT2D eigenvalue weighted by Crippen LogP contribution is 2.37. The molecule has 4 nitrogen and oxygen atoms in total. The van der Waals surface area contributed by atoms with Gasteiger partial charge in [0, 0.05) is 22.2 Å². The Kier molecular flexibility index (Phi) is 3.32. The van der Waals surface area contributed by atoms with E-state index in [-0.39, 0.29) is 10.8 Å². The minimum absolute atomic E-state index is 0.00334. The van der Waals surface area contributed by atoms with Crippen molar-refractivity contribution < 1.29 is 22.9 Å². The summed E-state index contributed by atoms with van der Waals surface area (Å²) in [7, 11) is 0. The molecule has 8 heteroatoms. The number of nitrogens with zero attached hydrogens (tertiary/aromatic N) is 1. The van der Waals surface area contributed by atoms with Gasteiger partial charge in [0.05, 0.1) is 10.5 Å². The Balaban J connectivity index is 3.55. The third-order valence-electron chi connectivity index (χ3n) is 1.75. The minimum atomic E-state index is -4.81. The first-order valence-electron chi connectivity index (χ1n) is 3.77. The molecule has 1 rings (SSSR count). The topological polar surface area (TPSA) is 60.2 Å². The maximum Gasteiger partial charge on any atom is 0.417 e. The van der Waals surface area contributed by atoms with E-state index in [0.717, 1.165) is 6.07 Å². The number of benzene rings is 1. The number of hydrogen-bond donors (Lipinski definition) is 0. The fourth-order valence-electron chi connectivity index (χ4n) is 1.06. The van der Waals surface area contributed by atoms with Gasteiger partial charge in [0.1, 0.15) is 0 Å². The predicted molar refractivity (Wildman–Crippen MR) is 51.2 cm³/mol. The molecule has 0 saturated heterocycles. The van der Waals surface area contributed by atoms with E-state index in [2.05, 4.69) is 15.9 Å². The molecule has 0 spiro atoms. The van der Waals surface area contributed by atoms with Gasteiger partial charge in [0.15, 0.2) is 6.29 Å². The first-order chi connectivity index (χ1) is 7.27. The van der Waals surface area contributed by atoms with Crippen molar-refractivity contribution in [1.29, 1.82) is 0 Å². The van der Waals surface area contributed by atoms with Crippen molar-refractivity contribution in [2.75, 3.05) is 0 Å². The number of carbonyl (C=O) groups is 1. The first kappa shape index (κ1) is 12.6. The van der Waals surface area contributed by atoms with Crippen LogP contribution in [0.5, 0.6) is 0 Å². The summed E-state index contributed by atoms with van der Waals surface area (Å²) < 4.78 is 37.1. The molecule has 0 bridgehead atoms. The average molecular weight is 298 g/mol. The largest absolute Gasteiger partial charge is 0.417 e. The second-order valence-electron chi connectivity index (χ2n) is 2.76. The smallest absolute Gasteiger partial charge is 0.298 e. The molecule has 0 heterocycles. The molecule has 0 unspecified atom stereocenters. The lowest BCUT2D eigenvalue weighted by Crippen LogP contribution is -2.10. The van der Waals surface area contributed by atoms with Gasteiger partial charge in [-0.05, 0) is 15.9 Å². The summed E-state index contributed by atoms with van der Waals surface area (Å²) in [5.74, 6) is 0. The maximum absolute atomic E-state index is 12.5. The van der Waals surface area contributed by atoms with Crippen LogP contribution >= 0.6 is 15.9 Å². The predicted octanol–water partition coefficient (Wildman–Crippen LogP) is 3.19. The molecule has 0 radical (unpaired) electrons. The van der Waals surface area contributed by atoms with Crippen LogP contribution in [0.1, 0.15) is 15.9 Å². The molecule has 1 aromatic rings. The average Bonchev–Trinajstić information content (AvgIpc) is 2.14. The van der Waals surface area contributed by atoms with Gasteiger partial charge < -0.3 is 0 Å². The molecule has 0 aliphatic carbocycles. The summed E-state index contributed by atoms with van der Waals surface area (Å²) in [6, 6.07) is 1.17. The number of non-ortho nitro benzene ring substituents is 1. The van der Waals surface area contributed by atoms with Crippen LogP contribution in [-0.2, 0) is 6.18 Å². The summed E-state index contributed by atoms with van der Waals surface area (Å²) in [5, 5.41) is 10.4. The highest BCUT2D eigenvalue weighted by Gasteiger charge is 2.36. The molecule has 0 fully saturated rings. The molecular weight excluding hydrogens is 295 g/mol. The Morgan fingerprint density at radius 1 is 1.38 bits per heavy atom. The van der Waals surface area contributed by atoms with Gasteiger partial charge in [-0.2, -0.15) is 13.2 Å². The lowest BCUT2D eigenvalue weighted by Gasteiger charge is -2.10. The lowest BCUT2D eigenvalue weighted by atomic mass is 10.1. The quantitative estimate of drug-likeness (QED) is 0.478. The second kappa shape index (κ2) is 4.20. The number of carbonyl (C=O) groups excluding carboxylic acids is 1. The van der Waals surface area contributed by atoms with Crippen LogP contribution in [0.25, 0.3) is 0 Å². The zero-order valence-electron chi connectivity index (χ0n) is 7.42. The monoisotopic (exact) mass is 297 g/mol. The zero-order chi connectivity index (χ0) is 12.5. The van der Waals surface area contributed by atoms with Gasteiger partial charge in [0.25, 0.3) is 5.69 Å². The zero-order valence-corrected chi connectivity index (χ0v) is 9.00. The van der Waals surface area contributed by atoms with Crippen molar-refractivity contribution in [3.8, 4) is 0 Å². The van der Waals surface area contributed by atoms with E-state index in [0.29, 0.717) is 6.07 Å². The lowest BCUT2D eigenvalue weighted by molar-refractivity contribution is -0.385. The van der Waals surface area contributed by atoms with E-state index in [4.69, 9.17) is 0 Å². The van der Waals surface area contributed by atoms with Crippen molar-refractivity contribution in [1.82, 2.24) is 0 Å². The molecule has 0 aromatic heterocycles. The normalized spacial score (nSPS) is 11.2. The second-order valence-corrected chi connectivity index (χ2v) is 3.62. The number of hydrogen-bond acceptors (Lipinski definition) is 3. The highest BCUT2D eigenvalue weighted by molar-refractivity contribution is 9.10. The number of rotatable bonds is 2. The maximum atomic E-state index is 12.5. The van der Waals surface area contributed by atoms with E-state index in [1.807, 2.05) is 0 Å². The summed E-state index contributed by atoms with van der Waals surface area (Å²) in [6.07, 6.45) is -4.82. The van der Waals surface area contributed by atoms with Gasteiger partial charge in [-0.25, -0.2) is 0 Å². The van der Waals surface area contributed by atoms with Crippen molar-refractivity contribution in [2.45, 2.75) is 6.18 Å². The van der Waals surface area contributed by atoms with Gasteiger partial charge in [-0.15, -0.1) is 0 Å². The molecular formula is C8H3BrF3NO3. The summed E-state index contributed by atoms with van der Waals surface area (Å²) in [5.41, 5.74) is -2.72. The van der Waals surface area contributed by atoms with Crippen LogP contribution in [-0.4, -0.2) is 11.2 Å². The third kappa shape index (κ3) is 2.38. The van der Waals surface area contributed by atoms with Crippen molar-refractivity contribution >= 4 is 27.9 Å². The van der Waals surface area contributed by atoms with Gasteiger partial charge in [-0.3, -0.25) is 14.9 Å². The number of halogens is 4. The van der Waals surface area contributed by atoms with Crippen LogP contribution in [0.3, 0.4) is 0 Å². The third-order valence-corrected chi connectivity index (χ3v) is 2.40. The first-order valence-corrected chi connectivity index (χ1v) is 4.57. The summed E-state index contributed by atoms with van der Waals surface area (Å²) in [4.78, 5) is 19.9. The van der Waals surface area contributed by atoms with E-state index in [9.17, 15) is 28.1 Å². The highest BCUT2D eigenvalue weighted by atomic mass is 79.9. The Morgan fingerprint density at radius 2 is 1.94 bits per heavy atom. The Morgan fingerprint density at radius 3 is 2.31 bits per heavy atom. The van der Waals surface area contributed by atoms with Crippen molar-refractivity contribution in [2.24, 2.45) is 0 Å². The molecule has 1 aromatic carbocycles. The van der Waals surface area contributed by atoms with Crippen molar-refractivity contribution in [3.63, 3.8) is 0 Å². The van der Waals surface area contributed by atoms with E-state index >= 15 is 0 Å². The number of nitro benzene ring substituents is 1. The number of alkyl halides is 3. The molecule has 0 aliphatic heterocycles. The summed E-state index contributed by atoms with van der Waals surface area (Å²) in [6.45, 7) is 0. The Hall–Kier alpha value is -1.44. The SMILES string of the molecule is O=Cc1c(Br)cc([N+](=O)[O-])cc1C(F)(F)F. The summed E-state index contributed by atoms with van der Waals surface area (Å²) >= 11 is 2.68. The van der Waals surface area contributed by atoms with Crippen LogP contribution in [0.2, 0.25) is 0 Å². The standard InChI is InChI=1S/C8H3BrF3NO3/c9-7-2-4(13(15)16)1-6(5(7)3-14)8(10,11)12/h1-3H. The number of aldehydes is 1. The minimum Gasteiger partial charge on any atom is -0.298 e. The molecule has 0 saturated carbocycles. The Labute approximate surface area is 95.3 Å². The Bertz CT molecular complexity index is 459. The fourth-order valence-corrected chi connectivity index (χ4v) is 1.60. The van der Waals surface area contributed by atoms with Gasteiger partial charge in [-0.1, -0.05) is 0 Å². The van der Waals surface area contributed by atoms with Crippen LogP contribution in [0.4, 0.5) is 18.9 Å². The molecule has 0 aliphatic rings. The van der Waals surface area contributed by atoms with E-state index in [1.54, 1.807) is 0 Å². The molecule has 86 valence electrons. The molecule has 0 amide bonds. The van der Waals surface area contributed by atoms with Crippen LogP contribution in [0.15, 0.2) is 16.6 Å². The van der Waals surface area contributed by atoms with E-state index in [1.165, 1.54) is 0 Å². The van der Waals surface area contributed by atoms with Crippen molar-refractivity contribution in [3.05, 3.63) is 37.8 Å². The van der Waals surface area contributed by atoms with Crippen LogP contribution < -0.4 is 0 Å². The van der Waals surface area contributed by atoms with Gasteiger partial charge in [0.2, 0.25) is 0 Å². The fraction of sp³-hybridized carbons (Fsp3) is 0.125. The molecule has 16 heavy (non-hydrogen) atoms.